The summed E-state index contributed by atoms with van der Waals surface area (Å²) in [6, 6.07) is 7.58. The minimum Gasteiger partial charge on any atom is -0.480 e. The zero-order chi connectivity index (χ0) is 13.1. The molecule has 1 atom stereocenters. The second-order valence-corrected chi connectivity index (χ2v) is 4.37. The normalized spacial score (nSPS) is 18.8. The first-order valence-electron chi connectivity index (χ1n) is 5.96. The number of aliphatic carboxylic acids is 1. The Labute approximate surface area is 105 Å². The SMILES string of the molecule is CCc1ccc(C2CN(CC(=O)O)C(=O)N2)cc1. The molecule has 0 bridgehead atoms. The van der Waals surface area contributed by atoms with Crippen molar-refractivity contribution in [1.29, 1.82) is 0 Å². The first-order valence-corrected chi connectivity index (χ1v) is 5.96. The number of carboxylic acids is 1. The monoisotopic (exact) mass is 248 g/mol. The van der Waals surface area contributed by atoms with Crippen LogP contribution in [0.1, 0.15) is 24.1 Å². The van der Waals surface area contributed by atoms with Gasteiger partial charge in [0, 0.05) is 6.54 Å². The molecule has 1 heterocycles. The molecule has 1 aliphatic heterocycles. The lowest BCUT2D eigenvalue weighted by molar-refractivity contribution is -0.137. The highest BCUT2D eigenvalue weighted by molar-refractivity contribution is 5.82. The van der Waals surface area contributed by atoms with Gasteiger partial charge in [-0.3, -0.25) is 4.79 Å². The number of benzene rings is 1. The highest BCUT2D eigenvalue weighted by atomic mass is 16.4. The van der Waals surface area contributed by atoms with Crippen LogP contribution in [0.5, 0.6) is 0 Å². The van der Waals surface area contributed by atoms with Crippen LogP contribution in [0.4, 0.5) is 4.79 Å². The first-order chi connectivity index (χ1) is 8.60. The Hall–Kier alpha value is -2.04. The van der Waals surface area contributed by atoms with Gasteiger partial charge in [0.1, 0.15) is 6.54 Å². The van der Waals surface area contributed by atoms with Gasteiger partial charge in [0.15, 0.2) is 0 Å². The molecule has 5 nitrogen and oxygen atoms in total. The third-order valence-electron chi connectivity index (χ3n) is 3.10. The van der Waals surface area contributed by atoms with Crippen molar-refractivity contribution >= 4 is 12.0 Å². The quantitative estimate of drug-likeness (QED) is 0.846. The molecule has 1 aromatic carbocycles. The van der Waals surface area contributed by atoms with Gasteiger partial charge in [0.2, 0.25) is 0 Å². The summed E-state index contributed by atoms with van der Waals surface area (Å²) >= 11 is 0. The fourth-order valence-electron chi connectivity index (χ4n) is 2.06. The van der Waals surface area contributed by atoms with Crippen LogP contribution in [0, 0.1) is 0 Å². The van der Waals surface area contributed by atoms with Crippen LogP contribution in [-0.2, 0) is 11.2 Å². The van der Waals surface area contributed by atoms with Crippen molar-refractivity contribution < 1.29 is 14.7 Å². The van der Waals surface area contributed by atoms with Gasteiger partial charge in [0.05, 0.1) is 6.04 Å². The lowest BCUT2D eigenvalue weighted by Gasteiger charge is -2.12. The molecule has 96 valence electrons. The smallest absolute Gasteiger partial charge is 0.323 e. The van der Waals surface area contributed by atoms with E-state index in [1.807, 2.05) is 24.3 Å². The molecule has 1 aromatic rings. The summed E-state index contributed by atoms with van der Waals surface area (Å²) in [5.41, 5.74) is 2.25. The number of carbonyl (C=O) groups excluding carboxylic acids is 1. The highest BCUT2D eigenvalue weighted by Crippen LogP contribution is 2.20. The Morgan fingerprint density at radius 2 is 2.11 bits per heavy atom. The van der Waals surface area contributed by atoms with Gasteiger partial charge in [0.25, 0.3) is 0 Å². The Kier molecular flexibility index (Phi) is 3.50. The number of hydrogen-bond donors (Lipinski definition) is 2. The van der Waals surface area contributed by atoms with Crippen molar-refractivity contribution in [2.45, 2.75) is 19.4 Å². The van der Waals surface area contributed by atoms with E-state index in [1.165, 1.54) is 10.5 Å². The molecule has 1 unspecified atom stereocenters. The predicted octanol–water partition coefficient (Wildman–Crippen LogP) is 1.40. The number of rotatable bonds is 4. The van der Waals surface area contributed by atoms with Gasteiger partial charge in [-0.1, -0.05) is 31.2 Å². The lowest BCUT2D eigenvalue weighted by Crippen LogP contribution is -2.32. The van der Waals surface area contributed by atoms with Crippen LogP contribution in [0.15, 0.2) is 24.3 Å². The van der Waals surface area contributed by atoms with Gasteiger partial charge in [-0.15, -0.1) is 0 Å². The standard InChI is InChI=1S/C13H16N2O3/c1-2-9-3-5-10(6-4-9)11-7-15(8-12(16)17)13(18)14-11/h3-6,11H,2,7-8H2,1H3,(H,14,18)(H,16,17). The Morgan fingerprint density at radius 1 is 1.44 bits per heavy atom. The molecule has 1 aliphatic rings. The van der Waals surface area contributed by atoms with Crippen LogP contribution in [-0.4, -0.2) is 35.1 Å². The molecule has 0 aliphatic carbocycles. The van der Waals surface area contributed by atoms with Gasteiger partial charge < -0.3 is 15.3 Å². The molecule has 2 amide bonds. The highest BCUT2D eigenvalue weighted by Gasteiger charge is 2.30. The minimum absolute atomic E-state index is 0.122. The number of urea groups is 1. The molecule has 2 N–H and O–H groups in total. The minimum atomic E-state index is -0.993. The van der Waals surface area contributed by atoms with E-state index >= 15 is 0 Å². The summed E-state index contributed by atoms with van der Waals surface area (Å²) in [5.74, 6) is -0.993. The molecule has 0 saturated carbocycles. The Balaban J connectivity index is 2.06. The molecular formula is C13H16N2O3. The molecule has 18 heavy (non-hydrogen) atoms. The number of aryl methyl sites for hydroxylation is 1. The van der Waals surface area contributed by atoms with Crippen LogP contribution < -0.4 is 5.32 Å². The fourth-order valence-corrected chi connectivity index (χ4v) is 2.06. The van der Waals surface area contributed by atoms with Crippen molar-refractivity contribution in [3.8, 4) is 0 Å². The Bertz CT molecular complexity index is 456. The van der Waals surface area contributed by atoms with E-state index < -0.39 is 5.97 Å². The molecule has 0 radical (unpaired) electrons. The third kappa shape index (κ3) is 2.61. The van der Waals surface area contributed by atoms with Crippen molar-refractivity contribution in [3.05, 3.63) is 35.4 Å². The number of nitrogens with zero attached hydrogens (tertiary/aromatic N) is 1. The first kappa shape index (κ1) is 12.4. The summed E-state index contributed by atoms with van der Waals surface area (Å²) in [6.45, 7) is 2.23. The van der Waals surface area contributed by atoms with Gasteiger partial charge in [-0.25, -0.2) is 4.79 Å². The predicted molar refractivity (Wildman–Crippen MR) is 66.3 cm³/mol. The van der Waals surface area contributed by atoms with E-state index in [9.17, 15) is 9.59 Å². The van der Waals surface area contributed by atoms with Crippen LogP contribution >= 0.6 is 0 Å². The third-order valence-corrected chi connectivity index (χ3v) is 3.10. The van der Waals surface area contributed by atoms with Crippen LogP contribution in [0.2, 0.25) is 0 Å². The maximum absolute atomic E-state index is 11.6. The molecular weight excluding hydrogens is 232 g/mol. The van der Waals surface area contributed by atoms with E-state index in [0.29, 0.717) is 6.54 Å². The largest absolute Gasteiger partial charge is 0.480 e. The number of amides is 2. The summed E-state index contributed by atoms with van der Waals surface area (Å²) in [5, 5.41) is 11.5. The molecule has 1 fully saturated rings. The number of nitrogens with one attached hydrogen (secondary N) is 1. The summed E-state index contributed by atoms with van der Waals surface area (Å²) < 4.78 is 0. The van der Waals surface area contributed by atoms with Crippen LogP contribution in [0.3, 0.4) is 0 Å². The second-order valence-electron chi connectivity index (χ2n) is 4.37. The summed E-state index contributed by atoms with van der Waals surface area (Å²) in [4.78, 5) is 23.5. The van der Waals surface area contributed by atoms with Crippen molar-refractivity contribution in [2.24, 2.45) is 0 Å². The fraction of sp³-hybridized carbons (Fsp3) is 0.385. The van der Waals surface area contributed by atoms with E-state index in [4.69, 9.17) is 5.11 Å². The van der Waals surface area contributed by atoms with Gasteiger partial charge >= 0.3 is 12.0 Å². The summed E-state index contributed by atoms with van der Waals surface area (Å²) in [7, 11) is 0. The zero-order valence-electron chi connectivity index (χ0n) is 10.2. The van der Waals surface area contributed by atoms with Crippen molar-refractivity contribution in [3.63, 3.8) is 0 Å². The van der Waals surface area contributed by atoms with E-state index in [2.05, 4.69) is 12.2 Å². The maximum atomic E-state index is 11.6. The summed E-state index contributed by atoms with van der Waals surface area (Å²) in [6.07, 6.45) is 0.975. The molecule has 5 heteroatoms. The van der Waals surface area contributed by atoms with Gasteiger partial charge in [-0.05, 0) is 17.5 Å². The van der Waals surface area contributed by atoms with Crippen LogP contribution in [0.25, 0.3) is 0 Å². The average Bonchev–Trinajstić information content (AvgIpc) is 2.70. The number of hydrogen-bond acceptors (Lipinski definition) is 2. The van der Waals surface area contributed by atoms with E-state index in [1.54, 1.807) is 0 Å². The van der Waals surface area contributed by atoms with Gasteiger partial charge in [-0.2, -0.15) is 0 Å². The molecule has 0 spiro atoms. The molecule has 2 rings (SSSR count). The topological polar surface area (TPSA) is 69.6 Å². The van der Waals surface area contributed by atoms with E-state index in [0.717, 1.165) is 12.0 Å². The molecule has 1 saturated heterocycles. The molecule has 0 aromatic heterocycles. The zero-order valence-corrected chi connectivity index (χ0v) is 10.2. The second kappa shape index (κ2) is 5.08. The maximum Gasteiger partial charge on any atom is 0.323 e. The van der Waals surface area contributed by atoms with E-state index in [-0.39, 0.29) is 18.6 Å². The lowest BCUT2D eigenvalue weighted by atomic mass is 10.0. The van der Waals surface area contributed by atoms with Crippen molar-refractivity contribution in [2.75, 3.05) is 13.1 Å². The number of carboxylic acid groups (broad SMARTS) is 1. The van der Waals surface area contributed by atoms with Crippen molar-refractivity contribution in [1.82, 2.24) is 10.2 Å². The Morgan fingerprint density at radius 3 is 2.67 bits per heavy atom. The average molecular weight is 248 g/mol. The number of carbonyl (C=O) groups is 2.